The first kappa shape index (κ1) is 21.9. The molecule has 2 aromatic rings. The Bertz CT molecular complexity index is 720. The Morgan fingerprint density at radius 3 is 2.61 bits per heavy atom. The summed E-state index contributed by atoms with van der Waals surface area (Å²) in [6.07, 6.45) is 0.363. The highest BCUT2D eigenvalue weighted by Crippen LogP contribution is 2.30. The highest BCUT2D eigenvalue weighted by atomic mass is 19.1. The fraction of sp³-hybridized carbons (Fsp3) is 0.409. The van der Waals surface area contributed by atoms with Crippen molar-refractivity contribution in [3.63, 3.8) is 0 Å². The van der Waals surface area contributed by atoms with Crippen LogP contribution in [0.15, 0.2) is 48.5 Å². The van der Waals surface area contributed by atoms with Gasteiger partial charge in [0.05, 0.1) is 13.2 Å². The third-order valence-corrected chi connectivity index (χ3v) is 4.01. The zero-order valence-corrected chi connectivity index (χ0v) is 16.4. The Hall–Kier alpha value is -2.44. The lowest BCUT2D eigenvalue weighted by atomic mass is 10.1. The van der Waals surface area contributed by atoms with E-state index in [2.05, 4.69) is 0 Å². The summed E-state index contributed by atoms with van der Waals surface area (Å²) >= 11 is 0. The molecule has 0 heterocycles. The van der Waals surface area contributed by atoms with Crippen molar-refractivity contribution in [3.05, 3.63) is 65.5 Å². The van der Waals surface area contributed by atoms with E-state index in [0.29, 0.717) is 37.4 Å². The number of carbonyl (C=O) groups is 1. The van der Waals surface area contributed by atoms with Crippen LogP contribution in [0.4, 0.5) is 4.39 Å². The van der Waals surface area contributed by atoms with Crippen molar-refractivity contribution in [1.29, 1.82) is 0 Å². The first-order valence-electron chi connectivity index (χ1n) is 9.36. The number of benzene rings is 2. The van der Waals surface area contributed by atoms with Crippen LogP contribution in [0.25, 0.3) is 0 Å². The summed E-state index contributed by atoms with van der Waals surface area (Å²) in [4.78, 5) is 11.8. The lowest BCUT2D eigenvalue weighted by molar-refractivity contribution is -0.148. The second-order valence-corrected chi connectivity index (χ2v) is 6.24. The van der Waals surface area contributed by atoms with Crippen molar-refractivity contribution in [2.45, 2.75) is 32.5 Å². The summed E-state index contributed by atoms with van der Waals surface area (Å²) in [5.41, 5.74) is 1.49. The summed E-state index contributed by atoms with van der Waals surface area (Å²) in [6.45, 7) is 2.86. The molecule has 0 amide bonds. The molecule has 0 saturated carbocycles. The van der Waals surface area contributed by atoms with Gasteiger partial charge in [0.1, 0.15) is 30.9 Å². The van der Waals surface area contributed by atoms with Gasteiger partial charge in [-0.1, -0.05) is 37.3 Å². The van der Waals surface area contributed by atoms with E-state index in [-0.39, 0.29) is 19.2 Å². The minimum Gasteiger partial charge on any atom is -0.489 e. The van der Waals surface area contributed by atoms with Gasteiger partial charge in [-0.15, -0.1) is 0 Å². The maximum Gasteiger partial charge on any atom is 0.305 e. The van der Waals surface area contributed by atoms with Gasteiger partial charge in [0.25, 0.3) is 0 Å². The fourth-order valence-electron chi connectivity index (χ4n) is 2.58. The van der Waals surface area contributed by atoms with Gasteiger partial charge < -0.3 is 18.9 Å². The Morgan fingerprint density at radius 2 is 1.89 bits per heavy atom. The molecule has 0 N–H and O–H groups in total. The number of rotatable bonds is 12. The average molecular weight is 390 g/mol. The van der Waals surface area contributed by atoms with E-state index < -0.39 is 11.9 Å². The largest absolute Gasteiger partial charge is 0.489 e. The SMILES string of the molecule is CCCC(=O)OC[C@H](OCCOC)c1cc(F)ccc1OCc1ccccc1. The van der Waals surface area contributed by atoms with Crippen molar-refractivity contribution in [1.82, 2.24) is 0 Å². The molecule has 28 heavy (non-hydrogen) atoms. The molecule has 1 atom stereocenters. The molecule has 0 aliphatic heterocycles. The van der Waals surface area contributed by atoms with E-state index in [1.807, 2.05) is 37.3 Å². The third-order valence-electron chi connectivity index (χ3n) is 4.01. The molecule has 2 aromatic carbocycles. The molecule has 0 fully saturated rings. The molecule has 0 unspecified atom stereocenters. The summed E-state index contributed by atoms with van der Waals surface area (Å²) in [7, 11) is 1.57. The Morgan fingerprint density at radius 1 is 1.11 bits per heavy atom. The van der Waals surface area contributed by atoms with Gasteiger partial charge in [0.15, 0.2) is 0 Å². The quantitative estimate of drug-likeness (QED) is 0.396. The molecule has 152 valence electrons. The number of halogens is 1. The number of esters is 1. The van der Waals surface area contributed by atoms with Gasteiger partial charge >= 0.3 is 5.97 Å². The maximum absolute atomic E-state index is 13.9. The van der Waals surface area contributed by atoms with E-state index >= 15 is 0 Å². The maximum atomic E-state index is 13.9. The minimum absolute atomic E-state index is 0.0201. The molecule has 6 heteroatoms. The van der Waals surface area contributed by atoms with Gasteiger partial charge in [-0.3, -0.25) is 4.79 Å². The number of hydrogen-bond donors (Lipinski definition) is 0. The van der Waals surface area contributed by atoms with Crippen LogP contribution in [-0.4, -0.2) is 32.9 Å². The highest BCUT2D eigenvalue weighted by molar-refractivity contribution is 5.69. The van der Waals surface area contributed by atoms with Gasteiger partial charge in [0, 0.05) is 19.1 Å². The minimum atomic E-state index is -0.655. The molecule has 0 spiro atoms. The summed E-state index contributed by atoms with van der Waals surface area (Å²) in [5.74, 6) is -0.243. The van der Waals surface area contributed by atoms with E-state index in [4.69, 9.17) is 18.9 Å². The predicted octanol–water partition coefficient (Wildman–Crippen LogP) is 4.45. The van der Waals surface area contributed by atoms with Crippen LogP contribution >= 0.6 is 0 Å². The lowest BCUT2D eigenvalue weighted by Crippen LogP contribution is -2.18. The van der Waals surface area contributed by atoms with Crippen LogP contribution in [0.1, 0.15) is 37.0 Å². The van der Waals surface area contributed by atoms with Gasteiger partial charge in [-0.2, -0.15) is 0 Å². The number of hydrogen-bond acceptors (Lipinski definition) is 5. The van der Waals surface area contributed by atoms with Crippen LogP contribution in [0.5, 0.6) is 5.75 Å². The summed E-state index contributed by atoms with van der Waals surface area (Å²) in [6, 6.07) is 13.9. The van der Waals surface area contributed by atoms with Crippen LogP contribution in [0.2, 0.25) is 0 Å². The molecule has 0 saturated heterocycles. The molecule has 0 aromatic heterocycles. The topological polar surface area (TPSA) is 54.0 Å². The molecule has 5 nitrogen and oxygen atoms in total. The van der Waals surface area contributed by atoms with Crippen molar-refractivity contribution in [3.8, 4) is 5.75 Å². The monoisotopic (exact) mass is 390 g/mol. The Balaban J connectivity index is 2.16. The molecule has 0 aliphatic rings. The molecule has 2 rings (SSSR count). The van der Waals surface area contributed by atoms with Gasteiger partial charge in [-0.05, 0) is 30.2 Å². The third kappa shape index (κ3) is 7.29. The number of carbonyl (C=O) groups excluding carboxylic acids is 1. The van der Waals surface area contributed by atoms with Gasteiger partial charge in [-0.25, -0.2) is 4.39 Å². The zero-order chi connectivity index (χ0) is 20.2. The van der Waals surface area contributed by atoms with E-state index in [1.165, 1.54) is 12.1 Å². The molecular formula is C22H27FO5. The Labute approximate surface area is 165 Å². The first-order valence-corrected chi connectivity index (χ1v) is 9.36. The average Bonchev–Trinajstić information content (AvgIpc) is 2.70. The van der Waals surface area contributed by atoms with Crippen molar-refractivity contribution < 1.29 is 28.1 Å². The van der Waals surface area contributed by atoms with E-state index in [9.17, 15) is 9.18 Å². The normalized spacial score (nSPS) is 11.8. The predicted molar refractivity (Wildman–Crippen MR) is 104 cm³/mol. The second-order valence-electron chi connectivity index (χ2n) is 6.24. The molecule has 0 bridgehead atoms. The fourth-order valence-corrected chi connectivity index (χ4v) is 2.58. The van der Waals surface area contributed by atoms with Crippen molar-refractivity contribution in [2.75, 3.05) is 26.9 Å². The van der Waals surface area contributed by atoms with Crippen molar-refractivity contribution >= 4 is 5.97 Å². The van der Waals surface area contributed by atoms with Crippen LogP contribution in [0.3, 0.4) is 0 Å². The molecule has 0 radical (unpaired) electrons. The molecule has 0 aliphatic carbocycles. The second kappa shape index (κ2) is 12.1. The lowest BCUT2D eigenvalue weighted by Gasteiger charge is -2.21. The van der Waals surface area contributed by atoms with Crippen LogP contribution in [-0.2, 0) is 25.6 Å². The smallest absolute Gasteiger partial charge is 0.305 e. The molecular weight excluding hydrogens is 363 g/mol. The highest BCUT2D eigenvalue weighted by Gasteiger charge is 2.20. The van der Waals surface area contributed by atoms with Crippen LogP contribution in [0, 0.1) is 5.82 Å². The number of methoxy groups -OCH3 is 1. The van der Waals surface area contributed by atoms with E-state index in [1.54, 1.807) is 13.2 Å². The summed E-state index contributed by atoms with van der Waals surface area (Å²) in [5, 5.41) is 0. The number of ether oxygens (including phenoxy) is 4. The standard InChI is InChI=1S/C22H27FO5/c1-3-7-22(24)28-16-21(26-13-12-25-2)19-14-18(23)10-11-20(19)27-15-17-8-5-4-6-9-17/h4-6,8-11,14,21H,3,7,12-13,15-16H2,1-2H3/t21-/m0/s1. The van der Waals surface area contributed by atoms with Crippen molar-refractivity contribution in [2.24, 2.45) is 0 Å². The zero-order valence-electron chi connectivity index (χ0n) is 16.4. The van der Waals surface area contributed by atoms with Crippen LogP contribution < -0.4 is 4.74 Å². The Kier molecular flexibility index (Phi) is 9.45. The summed E-state index contributed by atoms with van der Waals surface area (Å²) < 4.78 is 36.0. The van der Waals surface area contributed by atoms with E-state index in [0.717, 1.165) is 5.56 Å². The van der Waals surface area contributed by atoms with Gasteiger partial charge in [0.2, 0.25) is 0 Å². The first-order chi connectivity index (χ1) is 13.6.